The molecule has 17 heavy (non-hydrogen) atoms. The number of rotatable bonds is 8. The molecule has 0 fully saturated rings. The Balaban J connectivity index is 2.09. The Morgan fingerprint density at radius 3 is 2.76 bits per heavy atom. The Morgan fingerprint density at radius 2 is 2.18 bits per heavy atom. The third kappa shape index (κ3) is 6.15. The van der Waals surface area contributed by atoms with Crippen molar-refractivity contribution in [3.63, 3.8) is 0 Å². The number of aryl methyl sites for hydroxylation is 1. The molecule has 0 saturated heterocycles. The third-order valence-electron chi connectivity index (χ3n) is 2.78. The highest BCUT2D eigenvalue weighted by Gasteiger charge is 2.05. The Kier molecular flexibility index (Phi) is 6.70. The van der Waals surface area contributed by atoms with Crippen LogP contribution < -0.4 is 5.32 Å². The van der Waals surface area contributed by atoms with E-state index < -0.39 is 0 Å². The first-order valence-corrected chi connectivity index (χ1v) is 7.28. The van der Waals surface area contributed by atoms with Gasteiger partial charge in [0.25, 0.3) is 0 Å². The highest BCUT2D eigenvalue weighted by Crippen LogP contribution is 2.14. The highest BCUT2D eigenvalue weighted by atomic mass is 32.1. The quantitative estimate of drug-likeness (QED) is 0.724. The molecule has 1 heterocycles. The van der Waals surface area contributed by atoms with Crippen molar-refractivity contribution in [2.24, 2.45) is 0 Å². The van der Waals surface area contributed by atoms with Crippen LogP contribution in [0.3, 0.4) is 0 Å². The van der Waals surface area contributed by atoms with Gasteiger partial charge in [0, 0.05) is 17.5 Å². The minimum Gasteiger partial charge on any atom is -0.315 e. The van der Waals surface area contributed by atoms with E-state index in [1.807, 2.05) is 5.51 Å². The molecule has 1 N–H and O–H groups in total. The zero-order valence-electron chi connectivity index (χ0n) is 11.5. The first-order valence-electron chi connectivity index (χ1n) is 6.40. The molecule has 0 aromatic carbocycles. The van der Waals surface area contributed by atoms with Gasteiger partial charge in [-0.15, -0.1) is 11.3 Å². The summed E-state index contributed by atoms with van der Waals surface area (Å²) in [6.07, 6.45) is 2.51. The average Bonchev–Trinajstić information content (AvgIpc) is 2.63. The molecule has 98 valence electrons. The summed E-state index contributed by atoms with van der Waals surface area (Å²) in [6.45, 7) is 9.81. The Morgan fingerprint density at radius 1 is 1.41 bits per heavy atom. The lowest BCUT2D eigenvalue weighted by molar-refractivity contribution is 0.319. The Bertz CT molecular complexity index is 309. The van der Waals surface area contributed by atoms with Crippen molar-refractivity contribution in [3.05, 3.63) is 16.1 Å². The zero-order chi connectivity index (χ0) is 12.7. The van der Waals surface area contributed by atoms with Gasteiger partial charge in [-0.1, -0.05) is 13.8 Å². The summed E-state index contributed by atoms with van der Waals surface area (Å²) >= 11 is 1.76. The lowest BCUT2D eigenvalue weighted by Crippen LogP contribution is -2.25. The summed E-state index contributed by atoms with van der Waals surface area (Å²) in [4.78, 5) is 8.06. The average molecular weight is 255 g/mol. The van der Waals surface area contributed by atoms with Crippen molar-refractivity contribution in [3.8, 4) is 0 Å². The zero-order valence-corrected chi connectivity index (χ0v) is 12.3. The van der Waals surface area contributed by atoms with Crippen LogP contribution in [0.15, 0.2) is 5.51 Å². The van der Waals surface area contributed by atoms with Crippen LogP contribution in [0.5, 0.6) is 0 Å². The predicted molar refractivity (Wildman–Crippen MR) is 75.6 cm³/mol. The van der Waals surface area contributed by atoms with Gasteiger partial charge in [-0.2, -0.15) is 0 Å². The summed E-state index contributed by atoms with van der Waals surface area (Å²) in [5.41, 5.74) is 3.12. The van der Waals surface area contributed by atoms with Crippen LogP contribution in [0, 0.1) is 6.92 Å². The van der Waals surface area contributed by atoms with Gasteiger partial charge in [0.2, 0.25) is 0 Å². The van der Waals surface area contributed by atoms with Gasteiger partial charge >= 0.3 is 0 Å². The maximum atomic E-state index is 4.28. The SMILES string of the molecule is Cc1ncsc1CN(C)CCCCNC(C)C. The second kappa shape index (κ2) is 7.80. The lowest BCUT2D eigenvalue weighted by atomic mass is 10.2. The molecule has 3 nitrogen and oxygen atoms in total. The van der Waals surface area contributed by atoms with Crippen LogP contribution in [0.4, 0.5) is 0 Å². The van der Waals surface area contributed by atoms with Gasteiger partial charge in [-0.05, 0) is 39.9 Å². The van der Waals surface area contributed by atoms with Crippen molar-refractivity contribution in [2.75, 3.05) is 20.1 Å². The van der Waals surface area contributed by atoms with Crippen LogP contribution in [0.1, 0.15) is 37.3 Å². The van der Waals surface area contributed by atoms with E-state index in [1.54, 1.807) is 11.3 Å². The second-order valence-electron chi connectivity index (χ2n) is 4.91. The van der Waals surface area contributed by atoms with Gasteiger partial charge in [0.05, 0.1) is 11.2 Å². The van der Waals surface area contributed by atoms with Gasteiger partial charge in [0.15, 0.2) is 0 Å². The number of nitrogens with one attached hydrogen (secondary N) is 1. The molecule has 0 bridgehead atoms. The van der Waals surface area contributed by atoms with E-state index in [2.05, 4.69) is 43.0 Å². The van der Waals surface area contributed by atoms with Crippen LogP contribution in [0.2, 0.25) is 0 Å². The molecule has 0 radical (unpaired) electrons. The fourth-order valence-corrected chi connectivity index (χ4v) is 2.56. The summed E-state index contributed by atoms with van der Waals surface area (Å²) in [6, 6.07) is 0.604. The molecular formula is C13H25N3S. The summed E-state index contributed by atoms with van der Waals surface area (Å²) in [7, 11) is 2.19. The number of hydrogen-bond acceptors (Lipinski definition) is 4. The Labute approximate surface area is 109 Å². The monoisotopic (exact) mass is 255 g/mol. The van der Waals surface area contributed by atoms with E-state index in [4.69, 9.17) is 0 Å². The summed E-state index contributed by atoms with van der Waals surface area (Å²) in [5.74, 6) is 0. The highest BCUT2D eigenvalue weighted by molar-refractivity contribution is 7.09. The van der Waals surface area contributed by atoms with E-state index in [9.17, 15) is 0 Å². The van der Waals surface area contributed by atoms with E-state index in [-0.39, 0.29) is 0 Å². The van der Waals surface area contributed by atoms with E-state index >= 15 is 0 Å². The number of unbranched alkanes of at least 4 members (excludes halogenated alkanes) is 1. The fourth-order valence-electron chi connectivity index (χ4n) is 1.70. The maximum Gasteiger partial charge on any atom is 0.0798 e. The van der Waals surface area contributed by atoms with Crippen molar-refractivity contribution in [1.82, 2.24) is 15.2 Å². The minimum absolute atomic E-state index is 0.604. The summed E-state index contributed by atoms with van der Waals surface area (Å²) in [5, 5.41) is 3.45. The van der Waals surface area contributed by atoms with E-state index in [0.717, 1.165) is 19.6 Å². The van der Waals surface area contributed by atoms with Crippen LogP contribution in [0.25, 0.3) is 0 Å². The van der Waals surface area contributed by atoms with Gasteiger partial charge < -0.3 is 10.2 Å². The normalized spacial score (nSPS) is 11.6. The molecule has 1 aromatic heterocycles. The molecule has 0 unspecified atom stereocenters. The van der Waals surface area contributed by atoms with E-state index in [1.165, 1.54) is 23.4 Å². The molecular weight excluding hydrogens is 230 g/mol. The Hall–Kier alpha value is -0.450. The minimum atomic E-state index is 0.604. The molecule has 0 aliphatic carbocycles. The van der Waals surface area contributed by atoms with Crippen molar-refractivity contribution in [2.45, 2.75) is 46.2 Å². The molecule has 0 aliphatic heterocycles. The van der Waals surface area contributed by atoms with Crippen LogP contribution in [-0.2, 0) is 6.54 Å². The van der Waals surface area contributed by atoms with Gasteiger partial charge in [0.1, 0.15) is 0 Å². The number of nitrogens with zero attached hydrogens (tertiary/aromatic N) is 2. The molecule has 0 amide bonds. The standard InChI is InChI=1S/C13H25N3S/c1-11(2)14-7-5-6-8-16(4)9-13-12(3)15-10-17-13/h10-11,14H,5-9H2,1-4H3. The van der Waals surface area contributed by atoms with Crippen molar-refractivity contribution < 1.29 is 0 Å². The molecule has 4 heteroatoms. The first kappa shape index (κ1) is 14.6. The molecule has 1 aromatic rings. The van der Waals surface area contributed by atoms with Crippen molar-refractivity contribution >= 4 is 11.3 Å². The molecule has 0 saturated carbocycles. The predicted octanol–water partition coefficient (Wildman–Crippen LogP) is 2.66. The topological polar surface area (TPSA) is 28.2 Å². The number of aromatic nitrogens is 1. The van der Waals surface area contributed by atoms with Crippen LogP contribution in [-0.4, -0.2) is 36.1 Å². The molecule has 1 rings (SSSR count). The smallest absolute Gasteiger partial charge is 0.0798 e. The summed E-state index contributed by atoms with van der Waals surface area (Å²) < 4.78 is 0. The van der Waals surface area contributed by atoms with Gasteiger partial charge in [-0.3, -0.25) is 0 Å². The molecule has 0 spiro atoms. The third-order valence-corrected chi connectivity index (χ3v) is 3.70. The molecule has 0 atom stereocenters. The molecule has 0 aliphatic rings. The first-order chi connectivity index (χ1) is 8.09. The van der Waals surface area contributed by atoms with E-state index in [0.29, 0.717) is 6.04 Å². The number of thiazole rings is 1. The second-order valence-corrected chi connectivity index (χ2v) is 5.85. The van der Waals surface area contributed by atoms with Crippen molar-refractivity contribution in [1.29, 1.82) is 0 Å². The maximum absolute atomic E-state index is 4.28. The lowest BCUT2D eigenvalue weighted by Gasteiger charge is -2.16. The van der Waals surface area contributed by atoms with Crippen LogP contribution >= 0.6 is 11.3 Å². The fraction of sp³-hybridized carbons (Fsp3) is 0.769. The largest absolute Gasteiger partial charge is 0.315 e. The number of hydrogen-bond donors (Lipinski definition) is 1. The van der Waals surface area contributed by atoms with Gasteiger partial charge in [-0.25, -0.2) is 4.98 Å².